The molecular formula is C18H22FNO3. The first-order valence-electron chi connectivity index (χ1n) is 8.31. The minimum Gasteiger partial charge on any atom is -0.481 e. The number of carbonyl (C=O) groups excluding carboxylic acids is 1. The summed E-state index contributed by atoms with van der Waals surface area (Å²) in [5.41, 5.74) is 0.0731. The molecule has 2 atom stereocenters. The molecule has 0 unspecified atom stereocenters. The highest BCUT2D eigenvalue weighted by molar-refractivity contribution is 5.89. The fraction of sp³-hybridized carbons (Fsp3) is 0.556. The molecule has 3 rings (SSSR count). The maximum atomic E-state index is 13.6. The average Bonchev–Trinajstić information content (AvgIpc) is 3.17. The molecule has 1 aromatic rings. The molecule has 5 heteroatoms. The van der Waals surface area contributed by atoms with Crippen LogP contribution in [0.1, 0.15) is 50.5 Å². The molecule has 0 spiro atoms. The molecule has 2 saturated carbocycles. The molecule has 0 aromatic heterocycles. The molecule has 2 aliphatic carbocycles. The van der Waals surface area contributed by atoms with Gasteiger partial charge in [-0.3, -0.25) is 9.59 Å². The highest BCUT2D eigenvalue weighted by Crippen LogP contribution is 2.42. The second-order valence-electron chi connectivity index (χ2n) is 6.82. The number of amides is 1. The Morgan fingerprint density at radius 2 is 1.96 bits per heavy atom. The molecule has 0 aliphatic heterocycles. The molecule has 124 valence electrons. The van der Waals surface area contributed by atoms with E-state index in [1.807, 2.05) is 6.07 Å². The normalized spacial score (nSPS) is 26.1. The zero-order valence-electron chi connectivity index (χ0n) is 13.1. The van der Waals surface area contributed by atoms with Gasteiger partial charge >= 0.3 is 5.97 Å². The predicted octanol–water partition coefficient (Wildman–Crippen LogP) is 3.01. The van der Waals surface area contributed by atoms with E-state index in [-0.39, 0.29) is 23.7 Å². The van der Waals surface area contributed by atoms with Gasteiger partial charge in [0.25, 0.3) is 0 Å². The first-order chi connectivity index (χ1) is 11.0. The van der Waals surface area contributed by atoms with Crippen LogP contribution in [0.2, 0.25) is 0 Å². The number of carbonyl (C=O) groups is 2. The quantitative estimate of drug-likeness (QED) is 0.896. The first-order valence-corrected chi connectivity index (χ1v) is 8.31. The van der Waals surface area contributed by atoms with Crippen LogP contribution in [-0.4, -0.2) is 23.0 Å². The first kappa shape index (κ1) is 16.0. The number of halogens is 1. The van der Waals surface area contributed by atoms with Crippen molar-refractivity contribution in [1.29, 1.82) is 0 Å². The molecule has 1 aromatic carbocycles. The number of nitrogens with one attached hydrogen (secondary N) is 1. The van der Waals surface area contributed by atoms with Crippen molar-refractivity contribution in [2.75, 3.05) is 0 Å². The summed E-state index contributed by atoms with van der Waals surface area (Å²) in [6.45, 7) is 0. The summed E-state index contributed by atoms with van der Waals surface area (Å²) in [5, 5.41) is 12.1. The summed E-state index contributed by atoms with van der Waals surface area (Å²) in [4.78, 5) is 24.0. The summed E-state index contributed by atoms with van der Waals surface area (Å²) in [7, 11) is 0. The van der Waals surface area contributed by atoms with Crippen LogP contribution in [0.5, 0.6) is 0 Å². The highest BCUT2D eigenvalue weighted by Gasteiger charge is 2.44. The third kappa shape index (κ3) is 3.09. The number of hydrogen-bond acceptors (Lipinski definition) is 2. The van der Waals surface area contributed by atoms with Crippen LogP contribution in [0.3, 0.4) is 0 Å². The van der Waals surface area contributed by atoms with Crippen molar-refractivity contribution in [1.82, 2.24) is 5.32 Å². The lowest BCUT2D eigenvalue weighted by Crippen LogP contribution is -2.46. The zero-order chi connectivity index (χ0) is 16.4. The van der Waals surface area contributed by atoms with Crippen molar-refractivity contribution in [2.45, 2.75) is 56.4 Å². The zero-order valence-corrected chi connectivity index (χ0v) is 13.1. The highest BCUT2D eigenvalue weighted by atomic mass is 19.1. The number of carboxylic acids is 1. The van der Waals surface area contributed by atoms with E-state index in [0.717, 1.165) is 31.2 Å². The van der Waals surface area contributed by atoms with E-state index in [9.17, 15) is 14.0 Å². The van der Waals surface area contributed by atoms with Crippen LogP contribution in [0.4, 0.5) is 4.39 Å². The topological polar surface area (TPSA) is 66.4 Å². The SMILES string of the molecule is O=C(O)[C@H]1CC[C@@H](NC(=O)C2(c3cccc(F)c3)CCCC2)C1. The Morgan fingerprint density at radius 3 is 2.57 bits per heavy atom. The van der Waals surface area contributed by atoms with Gasteiger partial charge in [-0.05, 0) is 49.8 Å². The molecule has 23 heavy (non-hydrogen) atoms. The third-order valence-electron chi connectivity index (χ3n) is 5.39. The van der Waals surface area contributed by atoms with E-state index in [4.69, 9.17) is 5.11 Å². The maximum absolute atomic E-state index is 13.6. The molecular weight excluding hydrogens is 297 g/mol. The summed E-state index contributed by atoms with van der Waals surface area (Å²) < 4.78 is 13.6. The Kier molecular flexibility index (Phi) is 4.37. The van der Waals surface area contributed by atoms with Crippen LogP contribution in [0.25, 0.3) is 0 Å². The van der Waals surface area contributed by atoms with Gasteiger partial charge in [-0.1, -0.05) is 25.0 Å². The van der Waals surface area contributed by atoms with Gasteiger partial charge in [-0.15, -0.1) is 0 Å². The molecule has 1 amide bonds. The summed E-state index contributed by atoms with van der Waals surface area (Å²) >= 11 is 0. The van der Waals surface area contributed by atoms with Gasteiger partial charge in [0.15, 0.2) is 0 Å². The Balaban J connectivity index is 1.76. The van der Waals surface area contributed by atoms with Crippen LogP contribution < -0.4 is 5.32 Å². The number of rotatable bonds is 4. The van der Waals surface area contributed by atoms with Gasteiger partial charge < -0.3 is 10.4 Å². The lowest BCUT2D eigenvalue weighted by Gasteiger charge is -2.30. The molecule has 2 aliphatic rings. The van der Waals surface area contributed by atoms with Gasteiger partial charge in [0.05, 0.1) is 11.3 Å². The van der Waals surface area contributed by atoms with E-state index >= 15 is 0 Å². The van der Waals surface area contributed by atoms with Crippen molar-refractivity contribution < 1.29 is 19.1 Å². The van der Waals surface area contributed by atoms with Crippen LogP contribution in [0, 0.1) is 11.7 Å². The number of aliphatic carboxylic acids is 1. The maximum Gasteiger partial charge on any atom is 0.306 e. The second-order valence-corrected chi connectivity index (χ2v) is 6.82. The molecule has 0 saturated heterocycles. The van der Waals surface area contributed by atoms with Crippen molar-refractivity contribution in [3.05, 3.63) is 35.6 Å². The van der Waals surface area contributed by atoms with E-state index in [1.165, 1.54) is 12.1 Å². The van der Waals surface area contributed by atoms with Crippen molar-refractivity contribution >= 4 is 11.9 Å². The number of carboxylic acid groups (broad SMARTS) is 1. The monoisotopic (exact) mass is 319 g/mol. The fourth-order valence-electron chi connectivity index (χ4n) is 4.07. The smallest absolute Gasteiger partial charge is 0.306 e. The van der Waals surface area contributed by atoms with E-state index < -0.39 is 11.4 Å². The second kappa shape index (κ2) is 6.30. The van der Waals surface area contributed by atoms with Crippen molar-refractivity contribution in [3.63, 3.8) is 0 Å². The van der Waals surface area contributed by atoms with Crippen LogP contribution >= 0.6 is 0 Å². The molecule has 0 bridgehead atoms. The number of hydrogen-bond donors (Lipinski definition) is 2. The molecule has 0 heterocycles. The van der Waals surface area contributed by atoms with Gasteiger partial charge in [-0.2, -0.15) is 0 Å². The standard InChI is InChI=1S/C18H22FNO3/c19-14-5-3-4-13(11-14)18(8-1-2-9-18)17(23)20-15-7-6-12(10-15)16(21)22/h3-5,11-12,15H,1-2,6-10H2,(H,20,23)(H,21,22)/t12-,15+/m0/s1. The molecule has 2 N–H and O–H groups in total. The Hall–Kier alpha value is -1.91. The van der Waals surface area contributed by atoms with Gasteiger partial charge in [0.1, 0.15) is 5.82 Å². The summed E-state index contributed by atoms with van der Waals surface area (Å²) in [6, 6.07) is 6.23. The minimum atomic E-state index is -0.789. The van der Waals surface area contributed by atoms with E-state index in [2.05, 4.69) is 5.32 Å². The Morgan fingerprint density at radius 1 is 1.22 bits per heavy atom. The minimum absolute atomic E-state index is 0.0726. The number of benzene rings is 1. The molecule has 0 radical (unpaired) electrons. The van der Waals surface area contributed by atoms with E-state index in [1.54, 1.807) is 6.07 Å². The Bertz CT molecular complexity index is 610. The lowest BCUT2D eigenvalue weighted by molar-refractivity contribution is -0.141. The average molecular weight is 319 g/mol. The predicted molar refractivity (Wildman–Crippen MR) is 83.5 cm³/mol. The summed E-state index contributed by atoms with van der Waals surface area (Å²) in [6.07, 6.45) is 5.13. The lowest BCUT2D eigenvalue weighted by atomic mass is 9.77. The third-order valence-corrected chi connectivity index (χ3v) is 5.39. The van der Waals surface area contributed by atoms with Gasteiger partial charge in [-0.25, -0.2) is 4.39 Å². The fourth-order valence-corrected chi connectivity index (χ4v) is 4.07. The van der Waals surface area contributed by atoms with Gasteiger partial charge in [0, 0.05) is 6.04 Å². The van der Waals surface area contributed by atoms with E-state index in [0.29, 0.717) is 19.3 Å². The van der Waals surface area contributed by atoms with Crippen LogP contribution in [0.15, 0.2) is 24.3 Å². The molecule has 2 fully saturated rings. The molecule has 4 nitrogen and oxygen atoms in total. The van der Waals surface area contributed by atoms with Crippen molar-refractivity contribution in [2.24, 2.45) is 5.92 Å². The Labute approximate surface area is 135 Å². The van der Waals surface area contributed by atoms with Crippen molar-refractivity contribution in [3.8, 4) is 0 Å². The van der Waals surface area contributed by atoms with Crippen LogP contribution in [-0.2, 0) is 15.0 Å². The largest absolute Gasteiger partial charge is 0.481 e. The van der Waals surface area contributed by atoms with Gasteiger partial charge in [0.2, 0.25) is 5.91 Å². The summed E-state index contributed by atoms with van der Waals surface area (Å²) in [5.74, 6) is -1.55.